The van der Waals surface area contributed by atoms with Crippen LogP contribution in [0.5, 0.6) is 0 Å². The smallest absolute Gasteiger partial charge is 0.320 e. The third kappa shape index (κ3) is 9.27. The molecule has 1 unspecified atom stereocenters. The van der Waals surface area contributed by atoms with Crippen molar-refractivity contribution in [2.24, 2.45) is 5.73 Å². The Kier molecular flexibility index (Phi) is 20.5. The zero-order valence-corrected chi connectivity index (χ0v) is 15.3. The van der Waals surface area contributed by atoms with Crippen molar-refractivity contribution in [3.8, 4) is 0 Å². The number of hydrogen-bond donors (Lipinski definition) is 2. The van der Waals surface area contributed by atoms with Crippen molar-refractivity contribution >= 4 is 5.97 Å². The Bertz CT molecular complexity index is 268. The maximum Gasteiger partial charge on any atom is 0.320 e. The Morgan fingerprint density at radius 2 is 1.62 bits per heavy atom. The largest absolute Gasteiger partial charge is 0.480 e. The molecule has 5 heteroatoms. The van der Waals surface area contributed by atoms with E-state index in [0.717, 1.165) is 5.56 Å². The normalized spacial score (nSPS) is 9.31. The Morgan fingerprint density at radius 1 is 1.19 bits per heavy atom. The molecule has 1 rings (SSSR count). The molecule has 0 radical (unpaired) electrons. The summed E-state index contributed by atoms with van der Waals surface area (Å²) in [6.45, 7) is 0. The fraction of sp³-hybridized carbons (Fsp3) is 0.182. The van der Waals surface area contributed by atoms with Crippen LogP contribution in [0.1, 0.15) is 5.56 Å². The number of hydrogen-bond acceptors (Lipinski definition) is 2. The van der Waals surface area contributed by atoms with E-state index in [1.165, 1.54) is 0 Å². The van der Waals surface area contributed by atoms with Crippen LogP contribution in [0.4, 0.5) is 0 Å². The molecule has 1 aromatic rings. The van der Waals surface area contributed by atoms with Crippen molar-refractivity contribution in [2.75, 3.05) is 0 Å². The molecule has 0 bridgehead atoms. The Balaban J connectivity index is -0.000000180. The van der Waals surface area contributed by atoms with Gasteiger partial charge in [-0.3, -0.25) is 4.79 Å². The second kappa shape index (κ2) is 13.1. The van der Waals surface area contributed by atoms with Gasteiger partial charge in [0, 0.05) is 42.1 Å². The molecule has 0 aliphatic heterocycles. The Morgan fingerprint density at radius 3 is 2.00 bits per heavy atom. The molecule has 92 valence electrons. The number of carbonyl (C=O) groups is 1. The monoisotopic (exact) mass is 563 g/mol. The molecule has 1 aromatic carbocycles. The first-order valence-corrected chi connectivity index (χ1v) is 3.72. The van der Waals surface area contributed by atoms with Gasteiger partial charge < -0.3 is 25.7 Å². The van der Waals surface area contributed by atoms with Gasteiger partial charge in [-0.25, -0.2) is 0 Å². The zero-order valence-electron chi connectivity index (χ0n) is 9.42. The van der Waals surface area contributed by atoms with Crippen molar-refractivity contribution < 1.29 is 52.0 Å². The van der Waals surface area contributed by atoms with E-state index in [2.05, 4.69) is 0 Å². The second-order valence-corrected chi connectivity index (χ2v) is 2.63. The minimum Gasteiger partial charge on any atom is -0.480 e. The Hall–Kier alpha value is 0.0266. The van der Waals surface area contributed by atoms with Crippen LogP contribution in [0.15, 0.2) is 30.3 Å². The summed E-state index contributed by atoms with van der Waals surface area (Å²) in [6, 6.07) is 8.54. The van der Waals surface area contributed by atoms with Crippen molar-refractivity contribution in [2.45, 2.75) is 12.5 Å². The first-order valence-electron chi connectivity index (χ1n) is 3.72. The summed E-state index contributed by atoms with van der Waals surface area (Å²) < 4.78 is 0. The molecule has 3 N–H and O–H groups in total. The number of nitrogens with two attached hydrogens (primary N) is 1. The van der Waals surface area contributed by atoms with E-state index in [9.17, 15) is 4.79 Å². The van der Waals surface area contributed by atoms with E-state index < -0.39 is 12.0 Å². The minimum absolute atomic E-state index is 0. The number of rotatable bonds is 3. The standard InChI is InChI=1S/C9H11NO2.2CH3.2W/c10-8(9(11)12)6-7-4-2-1-3-5-7;;;;/h1-5,8H,6,10H2,(H,11,12);2*1H3;;/q;2*-1;;. The van der Waals surface area contributed by atoms with Crippen LogP contribution in [-0.2, 0) is 53.3 Å². The summed E-state index contributed by atoms with van der Waals surface area (Å²) >= 11 is 0. The number of aliphatic carboxylic acids is 1. The van der Waals surface area contributed by atoms with Gasteiger partial charge in [0.25, 0.3) is 0 Å². The SMILES string of the molecule is NC(Cc1ccccc1)C(=O)O.[CH3-].[CH3-].[W].[W]. The van der Waals surface area contributed by atoms with E-state index in [1.807, 2.05) is 30.3 Å². The quantitative estimate of drug-likeness (QED) is 0.550. The van der Waals surface area contributed by atoms with Crippen LogP contribution in [0.2, 0.25) is 0 Å². The molecule has 0 spiro atoms. The molecule has 0 saturated heterocycles. The summed E-state index contributed by atoms with van der Waals surface area (Å²) in [6.07, 6.45) is 0.385. The van der Waals surface area contributed by atoms with E-state index >= 15 is 0 Å². The average Bonchev–Trinajstić information content (AvgIpc) is 2.06. The van der Waals surface area contributed by atoms with Crippen LogP contribution in [-0.4, -0.2) is 17.1 Å². The third-order valence-electron chi connectivity index (χ3n) is 1.62. The molecular formula is C11H17NO2W2-2. The minimum atomic E-state index is -0.959. The number of carboxylic acid groups (broad SMARTS) is 1. The second-order valence-electron chi connectivity index (χ2n) is 2.63. The predicted molar refractivity (Wildman–Crippen MR) is 58.6 cm³/mol. The van der Waals surface area contributed by atoms with Gasteiger partial charge in [0.15, 0.2) is 0 Å². The first-order chi connectivity index (χ1) is 5.70. The van der Waals surface area contributed by atoms with Crippen molar-refractivity contribution in [1.82, 2.24) is 0 Å². The van der Waals surface area contributed by atoms with Crippen LogP contribution in [0.3, 0.4) is 0 Å². The van der Waals surface area contributed by atoms with Gasteiger partial charge in [-0.15, -0.1) is 0 Å². The van der Waals surface area contributed by atoms with Crippen LogP contribution in [0, 0.1) is 14.9 Å². The third-order valence-corrected chi connectivity index (χ3v) is 1.62. The van der Waals surface area contributed by atoms with Gasteiger partial charge in [-0.1, -0.05) is 30.3 Å². The van der Waals surface area contributed by atoms with Gasteiger partial charge in [0.05, 0.1) is 0 Å². The predicted octanol–water partition coefficient (Wildman–Crippen LogP) is 1.54. The van der Waals surface area contributed by atoms with Crippen molar-refractivity contribution in [1.29, 1.82) is 0 Å². The molecule has 0 amide bonds. The van der Waals surface area contributed by atoms with E-state index in [0.29, 0.717) is 6.42 Å². The molecule has 0 saturated carbocycles. The molecule has 16 heavy (non-hydrogen) atoms. The summed E-state index contributed by atoms with van der Waals surface area (Å²) in [5.74, 6) is -0.959. The first kappa shape index (κ1) is 25.0. The van der Waals surface area contributed by atoms with Crippen molar-refractivity contribution in [3.05, 3.63) is 50.7 Å². The molecule has 0 aliphatic rings. The van der Waals surface area contributed by atoms with E-state index in [4.69, 9.17) is 10.8 Å². The molecule has 1 atom stereocenters. The molecule has 0 heterocycles. The molecule has 0 fully saturated rings. The molecule has 0 aliphatic carbocycles. The molecular weight excluding hydrogens is 546 g/mol. The summed E-state index contributed by atoms with van der Waals surface area (Å²) in [7, 11) is 0. The fourth-order valence-electron chi connectivity index (χ4n) is 0.955. The Labute approximate surface area is 126 Å². The topological polar surface area (TPSA) is 63.3 Å². The van der Waals surface area contributed by atoms with Crippen LogP contribution >= 0.6 is 0 Å². The summed E-state index contributed by atoms with van der Waals surface area (Å²) in [5, 5.41) is 8.52. The summed E-state index contributed by atoms with van der Waals surface area (Å²) in [5.41, 5.74) is 6.30. The maximum absolute atomic E-state index is 10.4. The molecule has 3 nitrogen and oxygen atoms in total. The van der Waals surface area contributed by atoms with Crippen LogP contribution < -0.4 is 5.73 Å². The summed E-state index contributed by atoms with van der Waals surface area (Å²) in [4.78, 5) is 10.4. The fourth-order valence-corrected chi connectivity index (χ4v) is 0.955. The van der Waals surface area contributed by atoms with Gasteiger partial charge in [-0.05, 0) is 12.0 Å². The van der Waals surface area contributed by atoms with E-state index in [1.54, 1.807) is 0 Å². The van der Waals surface area contributed by atoms with Gasteiger partial charge in [0.1, 0.15) is 6.04 Å². The van der Waals surface area contributed by atoms with Gasteiger partial charge in [-0.2, -0.15) is 0 Å². The molecule has 0 aromatic heterocycles. The average molecular weight is 563 g/mol. The van der Waals surface area contributed by atoms with Gasteiger partial charge >= 0.3 is 5.97 Å². The zero-order chi connectivity index (χ0) is 8.97. The number of carboxylic acids is 1. The maximum atomic E-state index is 10.4. The van der Waals surface area contributed by atoms with Crippen molar-refractivity contribution in [3.63, 3.8) is 0 Å². The van der Waals surface area contributed by atoms with E-state index in [-0.39, 0.29) is 57.0 Å². The van der Waals surface area contributed by atoms with Crippen LogP contribution in [0.25, 0.3) is 0 Å². The number of benzene rings is 1. The van der Waals surface area contributed by atoms with Gasteiger partial charge in [0.2, 0.25) is 0 Å².